The minimum Gasteiger partial charge on any atom is -0.496 e. The fourth-order valence-electron chi connectivity index (χ4n) is 4.21. The molecule has 0 saturated carbocycles. The van der Waals surface area contributed by atoms with Crippen molar-refractivity contribution < 1.29 is 18.7 Å². The topological polar surface area (TPSA) is 58.6 Å². The molecule has 4 rings (SSSR count). The van der Waals surface area contributed by atoms with Gasteiger partial charge in [0.15, 0.2) is 0 Å². The first kappa shape index (κ1) is 21.6. The van der Waals surface area contributed by atoms with Gasteiger partial charge in [0.05, 0.1) is 13.0 Å². The van der Waals surface area contributed by atoms with Gasteiger partial charge < -0.3 is 15.0 Å². The number of amides is 2. The van der Waals surface area contributed by atoms with Crippen molar-refractivity contribution >= 4 is 11.8 Å². The van der Waals surface area contributed by atoms with Crippen molar-refractivity contribution in [2.45, 2.75) is 12.5 Å². The van der Waals surface area contributed by atoms with Crippen LogP contribution in [0.3, 0.4) is 0 Å². The number of halogens is 1. The largest absolute Gasteiger partial charge is 0.496 e. The van der Waals surface area contributed by atoms with E-state index in [9.17, 15) is 14.0 Å². The van der Waals surface area contributed by atoms with Crippen molar-refractivity contribution in [2.24, 2.45) is 5.92 Å². The van der Waals surface area contributed by atoms with Crippen LogP contribution in [0.1, 0.15) is 27.4 Å². The van der Waals surface area contributed by atoms with Crippen LogP contribution in [0.5, 0.6) is 5.75 Å². The number of rotatable bonds is 6. The second kappa shape index (κ2) is 9.64. The van der Waals surface area contributed by atoms with Crippen molar-refractivity contribution in [3.63, 3.8) is 0 Å². The molecule has 3 aromatic carbocycles. The molecule has 0 unspecified atom stereocenters. The Morgan fingerprint density at radius 2 is 1.66 bits per heavy atom. The van der Waals surface area contributed by atoms with Crippen LogP contribution in [0.15, 0.2) is 78.9 Å². The number of methoxy groups -OCH3 is 1. The SMILES string of the molecule is COc1ccccc1[C@@H]1CN(C(=O)c2ccccc2)C[C@H]1C(=O)NCc1ccc(F)cc1. The number of nitrogens with one attached hydrogen (secondary N) is 1. The van der Waals surface area contributed by atoms with E-state index in [2.05, 4.69) is 5.32 Å². The molecule has 3 aromatic rings. The van der Waals surface area contributed by atoms with Crippen LogP contribution in [-0.4, -0.2) is 36.9 Å². The van der Waals surface area contributed by atoms with Crippen LogP contribution < -0.4 is 10.1 Å². The van der Waals surface area contributed by atoms with Crippen molar-refractivity contribution in [3.05, 3.63) is 101 Å². The van der Waals surface area contributed by atoms with E-state index >= 15 is 0 Å². The molecule has 0 aliphatic carbocycles. The second-order valence-electron chi connectivity index (χ2n) is 7.88. The Morgan fingerprint density at radius 3 is 2.38 bits per heavy atom. The zero-order valence-electron chi connectivity index (χ0n) is 17.8. The lowest BCUT2D eigenvalue weighted by Crippen LogP contribution is -2.35. The Balaban J connectivity index is 1.57. The summed E-state index contributed by atoms with van der Waals surface area (Å²) in [6.45, 7) is 1.02. The number of para-hydroxylation sites is 1. The maximum Gasteiger partial charge on any atom is 0.253 e. The smallest absolute Gasteiger partial charge is 0.253 e. The first-order valence-corrected chi connectivity index (χ1v) is 10.6. The Labute approximate surface area is 186 Å². The van der Waals surface area contributed by atoms with Crippen molar-refractivity contribution in [1.82, 2.24) is 10.2 Å². The second-order valence-corrected chi connectivity index (χ2v) is 7.88. The van der Waals surface area contributed by atoms with Gasteiger partial charge in [0.2, 0.25) is 5.91 Å². The number of benzene rings is 3. The number of likely N-dealkylation sites (tertiary alicyclic amines) is 1. The molecule has 0 bridgehead atoms. The Hall–Kier alpha value is -3.67. The minimum absolute atomic E-state index is 0.0978. The van der Waals surface area contributed by atoms with E-state index in [1.807, 2.05) is 42.5 Å². The van der Waals surface area contributed by atoms with Gasteiger partial charge in [-0.3, -0.25) is 9.59 Å². The highest BCUT2D eigenvalue weighted by molar-refractivity contribution is 5.95. The summed E-state index contributed by atoms with van der Waals surface area (Å²) in [7, 11) is 1.60. The van der Waals surface area contributed by atoms with Gasteiger partial charge in [-0.25, -0.2) is 4.39 Å². The summed E-state index contributed by atoms with van der Waals surface area (Å²) in [5.41, 5.74) is 2.31. The molecule has 1 fully saturated rings. The molecule has 1 heterocycles. The van der Waals surface area contributed by atoms with Crippen molar-refractivity contribution in [1.29, 1.82) is 0 Å². The summed E-state index contributed by atoms with van der Waals surface area (Å²) >= 11 is 0. The number of carbonyl (C=O) groups is 2. The molecule has 164 valence electrons. The van der Waals surface area contributed by atoms with Gasteiger partial charge in [0.1, 0.15) is 11.6 Å². The summed E-state index contributed by atoms with van der Waals surface area (Å²) in [4.78, 5) is 28.0. The molecule has 0 radical (unpaired) electrons. The number of hydrogen-bond acceptors (Lipinski definition) is 3. The Kier molecular flexibility index (Phi) is 6.50. The average Bonchev–Trinajstić information content (AvgIpc) is 3.29. The molecule has 1 aliphatic rings. The lowest BCUT2D eigenvalue weighted by molar-refractivity contribution is -0.125. The van der Waals surface area contributed by atoms with Crippen molar-refractivity contribution in [3.8, 4) is 5.75 Å². The Bertz CT molecular complexity index is 1090. The minimum atomic E-state index is -0.431. The van der Waals surface area contributed by atoms with Gasteiger partial charge in [-0.05, 0) is 41.5 Å². The summed E-state index contributed by atoms with van der Waals surface area (Å²) in [5, 5.41) is 2.96. The standard InChI is InChI=1S/C26H25FN2O3/c1-32-24-10-6-5-9-21(24)22-16-29(26(31)19-7-3-2-4-8-19)17-23(22)25(30)28-15-18-11-13-20(27)14-12-18/h2-14,22-23H,15-17H2,1H3,(H,28,30)/t22-,23+/m0/s1. The third kappa shape index (κ3) is 4.64. The van der Waals surface area contributed by atoms with Gasteiger partial charge in [0, 0.05) is 31.1 Å². The molecule has 0 spiro atoms. The van der Waals surface area contributed by atoms with E-state index in [1.54, 1.807) is 36.3 Å². The number of ether oxygens (including phenoxy) is 1. The van der Waals surface area contributed by atoms with Crippen molar-refractivity contribution in [2.75, 3.05) is 20.2 Å². The molecule has 1 saturated heterocycles. The summed E-state index contributed by atoms with van der Waals surface area (Å²) in [6.07, 6.45) is 0. The quantitative estimate of drug-likeness (QED) is 0.640. The molecule has 2 atom stereocenters. The van der Waals surface area contributed by atoms with E-state index in [0.29, 0.717) is 30.9 Å². The summed E-state index contributed by atoms with van der Waals surface area (Å²) in [6, 6.07) is 22.7. The van der Waals surface area contributed by atoms with Gasteiger partial charge >= 0.3 is 0 Å². The molecule has 2 amide bonds. The lowest BCUT2D eigenvalue weighted by Gasteiger charge is -2.20. The van der Waals surface area contributed by atoms with E-state index in [-0.39, 0.29) is 23.5 Å². The van der Waals surface area contributed by atoms with E-state index in [4.69, 9.17) is 4.74 Å². The maximum atomic E-state index is 13.2. The van der Waals surface area contributed by atoms with Crippen LogP contribution in [-0.2, 0) is 11.3 Å². The number of carbonyl (C=O) groups excluding carboxylic acids is 2. The zero-order chi connectivity index (χ0) is 22.5. The maximum absolute atomic E-state index is 13.2. The van der Waals surface area contributed by atoms with Gasteiger partial charge in [0.25, 0.3) is 5.91 Å². The van der Waals surface area contributed by atoms with Gasteiger partial charge in [-0.15, -0.1) is 0 Å². The zero-order valence-corrected chi connectivity index (χ0v) is 17.8. The lowest BCUT2D eigenvalue weighted by atomic mass is 9.87. The molecule has 1 aliphatic heterocycles. The highest BCUT2D eigenvalue weighted by atomic mass is 19.1. The fourth-order valence-corrected chi connectivity index (χ4v) is 4.21. The van der Waals surface area contributed by atoms with Gasteiger partial charge in [-0.2, -0.15) is 0 Å². The molecule has 5 nitrogen and oxygen atoms in total. The third-order valence-electron chi connectivity index (χ3n) is 5.88. The molecule has 1 N–H and O–H groups in total. The van der Waals surface area contributed by atoms with Crippen LogP contribution >= 0.6 is 0 Å². The molecule has 32 heavy (non-hydrogen) atoms. The highest BCUT2D eigenvalue weighted by Gasteiger charge is 2.41. The fraction of sp³-hybridized carbons (Fsp3) is 0.231. The van der Waals surface area contributed by atoms with E-state index in [0.717, 1.165) is 11.1 Å². The van der Waals surface area contributed by atoms with Crippen LogP contribution in [0, 0.1) is 11.7 Å². The number of nitrogens with zero attached hydrogens (tertiary/aromatic N) is 1. The normalized spacial score (nSPS) is 17.8. The predicted molar refractivity (Wildman–Crippen MR) is 120 cm³/mol. The molecular weight excluding hydrogens is 407 g/mol. The molecule has 6 heteroatoms. The molecule has 0 aromatic heterocycles. The first-order valence-electron chi connectivity index (χ1n) is 10.6. The van der Waals surface area contributed by atoms with Crippen LogP contribution in [0.2, 0.25) is 0 Å². The molecular formula is C26H25FN2O3. The highest BCUT2D eigenvalue weighted by Crippen LogP contribution is 2.38. The monoisotopic (exact) mass is 432 g/mol. The van der Waals surface area contributed by atoms with Crippen LogP contribution in [0.4, 0.5) is 4.39 Å². The third-order valence-corrected chi connectivity index (χ3v) is 5.88. The number of hydrogen-bond donors (Lipinski definition) is 1. The Morgan fingerprint density at radius 1 is 0.969 bits per heavy atom. The van der Waals surface area contributed by atoms with Crippen LogP contribution in [0.25, 0.3) is 0 Å². The summed E-state index contributed by atoms with van der Waals surface area (Å²) in [5.74, 6) is -0.496. The van der Waals surface area contributed by atoms with E-state index in [1.165, 1.54) is 12.1 Å². The predicted octanol–water partition coefficient (Wildman–Crippen LogP) is 4.01. The summed E-state index contributed by atoms with van der Waals surface area (Å²) < 4.78 is 18.7. The first-order chi connectivity index (χ1) is 15.6. The average molecular weight is 432 g/mol. The van der Waals surface area contributed by atoms with E-state index < -0.39 is 5.92 Å². The van der Waals surface area contributed by atoms with Gasteiger partial charge in [-0.1, -0.05) is 48.5 Å².